The topological polar surface area (TPSA) is 25.2 Å². The van der Waals surface area contributed by atoms with Crippen LogP contribution in [0.2, 0.25) is 0 Å². The van der Waals surface area contributed by atoms with Crippen molar-refractivity contribution in [3.8, 4) is 22.4 Å². The number of benzene rings is 2. The highest BCUT2D eigenvalue weighted by Gasteiger charge is 2.12. The van der Waals surface area contributed by atoms with Crippen molar-refractivity contribution in [1.29, 1.82) is 0 Å². The molecule has 20 heavy (non-hydrogen) atoms. The summed E-state index contributed by atoms with van der Waals surface area (Å²) in [6.07, 6.45) is 2.04. The normalized spacial score (nSPS) is 10.7. The molecule has 0 fully saturated rings. The smallest absolute Gasteiger partial charge is 0.0610 e. The van der Waals surface area contributed by atoms with Gasteiger partial charge >= 0.3 is 0 Å². The van der Waals surface area contributed by atoms with Gasteiger partial charge in [0.2, 0.25) is 0 Å². The fourth-order valence-corrected chi connectivity index (χ4v) is 2.53. The summed E-state index contributed by atoms with van der Waals surface area (Å²) in [5.74, 6) is 0. The zero-order valence-corrected chi connectivity index (χ0v) is 11.2. The van der Waals surface area contributed by atoms with Gasteiger partial charge < -0.3 is 9.67 Å². The molecule has 0 saturated heterocycles. The van der Waals surface area contributed by atoms with Gasteiger partial charge in [-0.05, 0) is 17.2 Å². The third kappa shape index (κ3) is 2.38. The highest BCUT2D eigenvalue weighted by atomic mass is 16.3. The molecule has 0 aliphatic carbocycles. The molecule has 2 heteroatoms. The Morgan fingerprint density at radius 1 is 0.750 bits per heavy atom. The summed E-state index contributed by atoms with van der Waals surface area (Å²) in [7, 11) is 0. The first-order valence-electron chi connectivity index (χ1n) is 6.81. The van der Waals surface area contributed by atoms with E-state index < -0.39 is 0 Å². The monoisotopic (exact) mass is 263 g/mol. The van der Waals surface area contributed by atoms with E-state index in [2.05, 4.69) is 34.9 Å². The Morgan fingerprint density at radius 3 is 1.95 bits per heavy atom. The summed E-state index contributed by atoms with van der Waals surface area (Å²) in [5, 5.41) is 9.25. The standard InChI is InChI=1S/C18H17NO/c20-14-13-19-12-11-17(15-7-3-1-4-8-15)18(19)16-9-5-2-6-10-16/h1-12,20H,13-14H2. The molecule has 0 radical (unpaired) electrons. The van der Waals surface area contributed by atoms with Crippen LogP contribution in [0.15, 0.2) is 72.9 Å². The number of aromatic nitrogens is 1. The molecule has 1 heterocycles. The van der Waals surface area contributed by atoms with Crippen molar-refractivity contribution in [3.63, 3.8) is 0 Å². The molecule has 0 spiro atoms. The third-order valence-corrected chi connectivity index (χ3v) is 3.44. The molecular weight excluding hydrogens is 246 g/mol. The lowest BCUT2D eigenvalue weighted by molar-refractivity contribution is 0.277. The highest BCUT2D eigenvalue weighted by molar-refractivity contribution is 5.81. The number of aliphatic hydroxyl groups excluding tert-OH is 1. The van der Waals surface area contributed by atoms with Crippen molar-refractivity contribution in [2.24, 2.45) is 0 Å². The minimum atomic E-state index is 0.142. The molecule has 100 valence electrons. The Morgan fingerprint density at radius 2 is 1.35 bits per heavy atom. The van der Waals surface area contributed by atoms with E-state index in [9.17, 15) is 5.11 Å². The van der Waals surface area contributed by atoms with Crippen LogP contribution in [0.4, 0.5) is 0 Å². The van der Waals surface area contributed by atoms with Crippen LogP contribution in [-0.2, 0) is 6.54 Å². The molecule has 0 amide bonds. The minimum Gasteiger partial charge on any atom is -0.395 e. The van der Waals surface area contributed by atoms with Gasteiger partial charge in [0, 0.05) is 18.3 Å². The van der Waals surface area contributed by atoms with E-state index >= 15 is 0 Å². The predicted octanol–water partition coefficient (Wildman–Crippen LogP) is 3.81. The second kappa shape index (κ2) is 5.76. The van der Waals surface area contributed by atoms with Gasteiger partial charge in [-0.15, -0.1) is 0 Å². The molecule has 0 unspecified atom stereocenters. The van der Waals surface area contributed by atoms with E-state index in [1.54, 1.807) is 0 Å². The molecule has 0 atom stereocenters. The molecule has 3 aromatic rings. The van der Waals surface area contributed by atoms with Crippen molar-refractivity contribution < 1.29 is 5.11 Å². The summed E-state index contributed by atoms with van der Waals surface area (Å²) < 4.78 is 2.11. The summed E-state index contributed by atoms with van der Waals surface area (Å²) in [6.45, 7) is 0.750. The first-order chi connectivity index (χ1) is 9.90. The summed E-state index contributed by atoms with van der Waals surface area (Å²) in [5.41, 5.74) is 4.73. The first-order valence-corrected chi connectivity index (χ1v) is 6.81. The molecule has 0 saturated carbocycles. The molecule has 0 aliphatic rings. The molecule has 2 nitrogen and oxygen atoms in total. The number of hydrogen-bond acceptors (Lipinski definition) is 1. The average Bonchev–Trinajstić information content (AvgIpc) is 2.93. The Hall–Kier alpha value is -2.32. The maximum atomic E-state index is 9.25. The van der Waals surface area contributed by atoms with Gasteiger partial charge in [0.25, 0.3) is 0 Å². The van der Waals surface area contributed by atoms with Crippen LogP contribution in [-0.4, -0.2) is 16.3 Å². The summed E-state index contributed by atoms with van der Waals surface area (Å²) in [6, 6.07) is 22.8. The zero-order valence-electron chi connectivity index (χ0n) is 11.2. The quantitative estimate of drug-likeness (QED) is 0.760. The van der Waals surface area contributed by atoms with Crippen LogP contribution in [0.3, 0.4) is 0 Å². The number of rotatable bonds is 4. The summed E-state index contributed by atoms with van der Waals surface area (Å²) in [4.78, 5) is 0. The van der Waals surface area contributed by atoms with E-state index in [1.807, 2.05) is 42.6 Å². The lowest BCUT2D eigenvalue weighted by Crippen LogP contribution is -2.02. The molecule has 0 bridgehead atoms. The zero-order chi connectivity index (χ0) is 13.8. The predicted molar refractivity (Wildman–Crippen MR) is 82.4 cm³/mol. The first kappa shape index (κ1) is 12.7. The number of aliphatic hydroxyl groups is 1. The van der Waals surface area contributed by atoms with E-state index in [0.717, 1.165) is 5.69 Å². The van der Waals surface area contributed by atoms with Crippen molar-refractivity contribution in [1.82, 2.24) is 4.57 Å². The number of nitrogens with zero attached hydrogens (tertiary/aromatic N) is 1. The van der Waals surface area contributed by atoms with Gasteiger partial charge in [-0.2, -0.15) is 0 Å². The van der Waals surface area contributed by atoms with Gasteiger partial charge in [0.1, 0.15) is 0 Å². The maximum absolute atomic E-state index is 9.25. The number of hydrogen-bond donors (Lipinski definition) is 1. The Balaban J connectivity index is 2.17. The van der Waals surface area contributed by atoms with Crippen LogP contribution in [0, 0.1) is 0 Å². The van der Waals surface area contributed by atoms with E-state index in [1.165, 1.54) is 16.7 Å². The van der Waals surface area contributed by atoms with E-state index in [0.29, 0.717) is 6.54 Å². The van der Waals surface area contributed by atoms with Gasteiger partial charge in [-0.25, -0.2) is 0 Å². The maximum Gasteiger partial charge on any atom is 0.0610 e. The van der Waals surface area contributed by atoms with Crippen LogP contribution in [0.5, 0.6) is 0 Å². The molecule has 0 aliphatic heterocycles. The van der Waals surface area contributed by atoms with Crippen LogP contribution in [0.25, 0.3) is 22.4 Å². The SMILES string of the molecule is OCCn1ccc(-c2ccccc2)c1-c1ccccc1. The summed E-state index contributed by atoms with van der Waals surface area (Å²) >= 11 is 0. The Bertz CT molecular complexity index is 671. The second-order valence-electron chi connectivity index (χ2n) is 4.73. The van der Waals surface area contributed by atoms with Crippen LogP contribution < -0.4 is 0 Å². The van der Waals surface area contributed by atoms with Gasteiger partial charge in [-0.3, -0.25) is 0 Å². The second-order valence-corrected chi connectivity index (χ2v) is 4.73. The van der Waals surface area contributed by atoms with E-state index in [-0.39, 0.29) is 6.61 Å². The molecule has 1 N–H and O–H groups in total. The molecule has 3 rings (SSSR count). The lowest BCUT2D eigenvalue weighted by Gasteiger charge is -2.11. The fourth-order valence-electron chi connectivity index (χ4n) is 2.53. The lowest BCUT2D eigenvalue weighted by atomic mass is 10.0. The van der Waals surface area contributed by atoms with Gasteiger partial charge in [-0.1, -0.05) is 60.7 Å². The van der Waals surface area contributed by atoms with Crippen molar-refractivity contribution in [3.05, 3.63) is 72.9 Å². The third-order valence-electron chi connectivity index (χ3n) is 3.44. The van der Waals surface area contributed by atoms with Gasteiger partial charge in [0.15, 0.2) is 0 Å². The van der Waals surface area contributed by atoms with Crippen LogP contribution in [0.1, 0.15) is 0 Å². The van der Waals surface area contributed by atoms with Crippen molar-refractivity contribution >= 4 is 0 Å². The molecular formula is C18H17NO. The van der Waals surface area contributed by atoms with Crippen molar-refractivity contribution in [2.45, 2.75) is 6.54 Å². The van der Waals surface area contributed by atoms with Crippen molar-refractivity contribution in [2.75, 3.05) is 6.61 Å². The highest BCUT2D eigenvalue weighted by Crippen LogP contribution is 2.33. The van der Waals surface area contributed by atoms with Crippen LogP contribution >= 0.6 is 0 Å². The molecule has 2 aromatic carbocycles. The fraction of sp³-hybridized carbons (Fsp3) is 0.111. The Labute approximate surface area is 118 Å². The largest absolute Gasteiger partial charge is 0.395 e. The Kier molecular flexibility index (Phi) is 3.66. The van der Waals surface area contributed by atoms with Gasteiger partial charge in [0.05, 0.1) is 12.3 Å². The minimum absolute atomic E-state index is 0.142. The van der Waals surface area contributed by atoms with E-state index in [4.69, 9.17) is 0 Å². The average molecular weight is 263 g/mol. The molecule has 1 aromatic heterocycles.